The van der Waals surface area contributed by atoms with Crippen molar-refractivity contribution in [3.05, 3.63) is 77.1 Å². The van der Waals surface area contributed by atoms with Gasteiger partial charge in [-0.25, -0.2) is 9.37 Å². The van der Waals surface area contributed by atoms with Crippen molar-refractivity contribution >= 4 is 39.4 Å². The molecule has 0 saturated heterocycles. The lowest BCUT2D eigenvalue weighted by Crippen LogP contribution is -1.98. The van der Waals surface area contributed by atoms with Crippen LogP contribution in [0.1, 0.15) is 11.1 Å². The zero-order valence-electron chi connectivity index (χ0n) is 13.8. The largest absolute Gasteiger partial charge is 0.383 e. The number of hydrazone groups is 1. The van der Waals surface area contributed by atoms with Crippen molar-refractivity contribution in [1.29, 1.82) is 0 Å². The highest BCUT2D eigenvalue weighted by Gasteiger charge is 2.03. The highest BCUT2D eigenvalue weighted by atomic mass is 32.1. The van der Waals surface area contributed by atoms with Gasteiger partial charge < -0.3 is 10.3 Å². The number of nitrogens with two attached hydrogens (primary N) is 1. The molecule has 0 aliphatic carbocycles. The monoisotopic (exact) mass is 365 g/mol. The first-order valence-corrected chi connectivity index (χ1v) is 8.89. The molecule has 0 atom stereocenters. The van der Waals surface area contributed by atoms with Crippen LogP contribution in [-0.4, -0.2) is 15.8 Å². The van der Waals surface area contributed by atoms with Gasteiger partial charge in [0.2, 0.25) is 5.13 Å². The summed E-state index contributed by atoms with van der Waals surface area (Å²) in [7, 11) is 0. The number of hydrogen-bond donors (Lipinski definition) is 2. The zero-order valence-corrected chi connectivity index (χ0v) is 14.6. The van der Waals surface area contributed by atoms with Crippen LogP contribution in [-0.2, 0) is 6.54 Å². The maximum atomic E-state index is 13.1. The van der Waals surface area contributed by atoms with Crippen molar-refractivity contribution in [3.63, 3.8) is 0 Å². The van der Waals surface area contributed by atoms with Gasteiger partial charge >= 0.3 is 0 Å². The Bertz CT molecular complexity index is 1070. The Labute approximate surface area is 153 Å². The molecule has 4 aromatic rings. The Morgan fingerprint density at radius 3 is 2.81 bits per heavy atom. The molecule has 0 bridgehead atoms. The van der Waals surface area contributed by atoms with Crippen molar-refractivity contribution in [3.8, 4) is 0 Å². The van der Waals surface area contributed by atoms with E-state index in [1.165, 1.54) is 23.5 Å². The molecule has 0 aliphatic rings. The number of benzene rings is 2. The second-order valence-electron chi connectivity index (χ2n) is 5.84. The summed E-state index contributed by atoms with van der Waals surface area (Å²) in [5.41, 5.74) is 11.6. The summed E-state index contributed by atoms with van der Waals surface area (Å²) >= 11 is 1.40. The third-order valence-corrected chi connectivity index (χ3v) is 4.73. The van der Waals surface area contributed by atoms with Gasteiger partial charge in [-0.1, -0.05) is 24.3 Å². The lowest BCUT2D eigenvalue weighted by Gasteiger charge is -2.06. The number of nitrogens with one attached hydrogen (secondary N) is 1. The van der Waals surface area contributed by atoms with Crippen molar-refractivity contribution in [2.24, 2.45) is 5.10 Å². The lowest BCUT2D eigenvalue weighted by atomic mass is 10.1. The average molecular weight is 365 g/mol. The number of nitrogens with zero attached hydrogens (tertiary/aromatic N) is 3. The Morgan fingerprint density at radius 1 is 1.19 bits per heavy atom. The topological polar surface area (TPSA) is 68.2 Å². The number of thiazole rings is 1. The van der Waals surface area contributed by atoms with Crippen molar-refractivity contribution in [2.75, 3.05) is 11.2 Å². The summed E-state index contributed by atoms with van der Waals surface area (Å²) in [5.74, 6) is 0.256. The quantitative estimate of drug-likeness (QED) is 0.409. The number of hydrogen-bond acceptors (Lipinski definition) is 5. The van der Waals surface area contributed by atoms with E-state index >= 15 is 0 Å². The van der Waals surface area contributed by atoms with E-state index in [0.29, 0.717) is 17.5 Å². The molecular weight excluding hydrogens is 349 g/mol. The molecule has 5 nitrogen and oxygen atoms in total. The molecule has 0 unspecified atom stereocenters. The molecule has 0 aliphatic heterocycles. The van der Waals surface area contributed by atoms with Gasteiger partial charge in [0.1, 0.15) is 11.6 Å². The molecular formula is C19H16FN5S. The van der Waals surface area contributed by atoms with E-state index in [0.717, 1.165) is 22.0 Å². The minimum absolute atomic E-state index is 0.223. The summed E-state index contributed by atoms with van der Waals surface area (Å²) in [6, 6.07) is 14.8. The standard InChI is InChI=1S/C19H16FN5S/c20-16-5-2-13(3-6-16)11-25-8-7-15-4-1-14(9-17(15)25)10-22-24-19-23-18(21)12-26-19/h1-10,12H,11,21H2,(H,23,24). The zero-order chi connectivity index (χ0) is 17.9. The smallest absolute Gasteiger partial charge is 0.205 e. The summed E-state index contributed by atoms with van der Waals surface area (Å²) in [6.45, 7) is 0.682. The Hall–Kier alpha value is -3.19. The van der Waals surface area contributed by atoms with Gasteiger partial charge in [0, 0.05) is 23.6 Å². The predicted octanol–water partition coefficient (Wildman–Crippen LogP) is 4.31. The van der Waals surface area contributed by atoms with Crippen molar-refractivity contribution in [1.82, 2.24) is 9.55 Å². The van der Waals surface area contributed by atoms with E-state index in [9.17, 15) is 4.39 Å². The fourth-order valence-corrected chi connectivity index (χ4v) is 3.25. The van der Waals surface area contributed by atoms with Gasteiger partial charge in [-0.05, 0) is 40.8 Å². The molecule has 26 heavy (non-hydrogen) atoms. The maximum Gasteiger partial charge on any atom is 0.205 e. The number of fused-ring (bicyclic) bond motifs is 1. The normalized spacial score (nSPS) is 11.4. The Morgan fingerprint density at radius 2 is 2.04 bits per heavy atom. The van der Waals surface area contributed by atoms with Crippen LogP contribution in [0.5, 0.6) is 0 Å². The average Bonchev–Trinajstić information content (AvgIpc) is 3.23. The minimum atomic E-state index is -0.223. The molecule has 4 rings (SSSR count). The van der Waals surface area contributed by atoms with E-state index in [1.54, 1.807) is 23.7 Å². The summed E-state index contributed by atoms with van der Waals surface area (Å²) in [5, 5.41) is 7.76. The molecule has 2 heterocycles. The van der Waals surface area contributed by atoms with Crippen LogP contribution in [0.3, 0.4) is 0 Å². The SMILES string of the molecule is Nc1csc(NN=Cc2ccc3ccn(Cc4ccc(F)cc4)c3c2)n1. The number of nitrogen functional groups attached to an aromatic ring is 1. The van der Waals surface area contributed by atoms with Crippen molar-refractivity contribution in [2.45, 2.75) is 6.54 Å². The molecule has 7 heteroatoms. The molecule has 0 spiro atoms. The number of anilines is 2. The van der Waals surface area contributed by atoms with E-state index in [2.05, 4.69) is 38.3 Å². The highest BCUT2D eigenvalue weighted by molar-refractivity contribution is 7.14. The summed E-state index contributed by atoms with van der Waals surface area (Å²) < 4.78 is 15.2. The van der Waals surface area contributed by atoms with E-state index < -0.39 is 0 Å². The summed E-state index contributed by atoms with van der Waals surface area (Å²) in [4.78, 5) is 4.09. The van der Waals surface area contributed by atoms with Gasteiger partial charge in [-0.2, -0.15) is 5.10 Å². The summed E-state index contributed by atoms with van der Waals surface area (Å²) in [6.07, 6.45) is 3.78. The van der Waals surface area contributed by atoms with Crippen LogP contribution >= 0.6 is 11.3 Å². The van der Waals surface area contributed by atoms with Crippen LogP contribution in [0.4, 0.5) is 15.3 Å². The third-order valence-electron chi connectivity index (χ3n) is 3.96. The Kier molecular flexibility index (Phi) is 4.37. The molecule has 3 N–H and O–H groups in total. The second-order valence-corrected chi connectivity index (χ2v) is 6.69. The van der Waals surface area contributed by atoms with Gasteiger partial charge in [0.05, 0.1) is 6.21 Å². The van der Waals surface area contributed by atoms with Gasteiger partial charge in [0.25, 0.3) is 0 Å². The van der Waals surface area contributed by atoms with E-state index in [4.69, 9.17) is 5.73 Å². The molecule has 130 valence electrons. The molecule has 0 radical (unpaired) electrons. The third kappa shape index (κ3) is 3.57. The van der Waals surface area contributed by atoms with Crippen LogP contribution in [0, 0.1) is 5.82 Å². The van der Waals surface area contributed by atoms with Crippen LogP contribution in [0.25, 0.3) is 10.9 Å². The number of aromatic nitrogens is 2. The van der Waals surface area contributed by atoms with Crippen LogP contribution in [0.15, 0.2) is 65.2 Å². The molecule has 2 aromatic heterocycles. The van der Waals surface area contributed by atoms with E-state index in [-0.39, 0.29) is 5.82 Å². The molecule has 2 aromatic carbocycles. The first-order valence-electron chi connectivity index (χ1n) is 8.01. The molecule has 0 amide bonds. The highest BCUT2D eigenvalue weighted by Crippen LogP contribution is 2.19. The number of halogens is 1. The fraction of sp³-hybridized carbons (Fsp3) is 0.0526. The molecule has 0 fully saturated rings. The van der Waals surface area contributed by atoms with Crippen LogP contribution < -0.4 is 11.2 Å². The fourth-order valence-electron chi connectivity index (χ4n) is 2.71. The van der Waals surface area contributed by atoms with Crippen LogP contribution in [0.2, 0.25) is 0 Å². The van der Waals surface area contributed by atoms with Gasteiger partial charge in [0.15, 0.2) is 0 Å². The maximum absolute atomic E-state index is 13.1. The minimum Gasteiger partial charge on any atom is -0.383 e. The number of rotatable bonds is 5. The van der Waals surface area contributed by atoms with E-state index in [1.807, 2.05) is 12.3 Å². The lowest BCUT2D eigenvalue weighted by molar-refractivity contribution is 0.626. The van der Waals surface area contributed by atoms with Gasteiger partial charge in [-0.3, -0.25) is 5.43 Å². The first kappa shape index (κ1) is 16.3. The second kappa shape index (κ2) is 6.97. The van der Waals surface area contributed by atoms with Gasteiger partial charge in [-0.15, -0.1) is 11.3 Å². The van der Waals surface area contributed by atoms with Crippen molar-refractivity contribution < 1.29 is 4.39 Å². The Balaban J connectivity index is 1.54. The molecule has 0 saturated carbocycles. The predicted molar refractivity (Wildman–Crippen MR) is 105 cm³/mol. The first-order chi connectivity index (χ1) is 12.7.